The zero-order valence-corrected chi connectivity index (χ0v) is 5.33. The number of alkyl halides is 5. The third-order valence-electron chi connectivity index (χ3n) is 1.39. The number of nitrogens with zero attached hydrogens (tertiary/aromatic N) is 1. The molecule has 0 saturated carbocycles. The molecule has 0 bridgehead atoms. The second-order valence-corrected chi connectivity index (χ2v) is 2.42. The summed E-state index contributed by atoms with van der Waals surface area (Å²) in [6, 6.07) is 0. The van der Waals surface area contributed by atoms with Gasteiger partial charge in [0.25, 0.3) is 11.8 Å². The second-order valence-electron chi connectivity index (χ2n) is 2.42. The van der Waals surface area contributed by atoms with Gasteiger partial charge >= 0.3 is 0 Å². The Morgan fingerprint density at radius 3 is 1.64 bits per heavy atom. The molecule has 1 nitrogen and oxygen atoms in total. The van der Waals surface area contributed by atoms with Crippen LogP contribution < -0.4 is 5.32 Å². The first kappa shape index (κ1) is 8.70. The lowest BCUT2D eigenvalue weighted by atomic mass is 10.0. The highest BCUT2D eigenvalue weighted by molar-refractivity contribution is 4.95. The first-order valence-corrected chi connectivity index (χ1v) is 2.89. The average Bonchev–Trinajstić information content (AvgIpc) is 1.82. The molecule has 1 rings (SSSR count). The maximum Gasteiger partial charge on any atom is 0.298 e. The van der Waals surface area contributed by atoms with Gasteiger partial charge in [0.1, 0.15) is 0 Å². The van der Waals surface area contributed by atoms with Gasteiger partial charge in [-0.25, -0.2) is 27.3 Å². The minimum absolute atomic E-state index is 1.15. The fraction of sp³-hybridized carbons (Fsp3) is 1.00. The molecule has 0 aromatic heterocycles. The minimum atomic E-state index is -4.01. The van der Waals surface area contributed by atoms with Gasteiger partial charge in [0, 0.05) is 0 Å². The van der Waals surface area contributed by atoms with Gasteiger partial charge in [-0.1, -0.05) is 0 Å². The maximum absolute atomic E-state index is 12.2. The standard InChI is InChI=1S/C5H5F5N/c6-3-4(7,8)1-11-2-5(3,9)10/h3H,1-2H2. The molecule has 65 valence electrons. The Balaban J connectivity index is 2.76. The van der Waals surface area contributed by atoms with Gasteiger partial charge in [-0.3, -0.25) is 0 Å². The highest BCUT2D eigenvalue weighted by atomic mass is 19.3. The van der Waals surface area contributed by atoms with E-state index in [0.29, 0.717) is 0 Å². The lowest BCUT2D eigenvalue weighted by molar-refractivity contribution is -0.198. The van der Waals surface area contributed by atoms with E-state index in [1.807, 2.05) is 0 Å². The van der Waals surface area contributed by atoms with E-state index in [-0.39, 0.29) is 0 Å². The Hall–Kier alpha value is -0.390. The lowest BCUT2D eigenvalue weighted by Gasteiger charge is -2.31. The summed E-state index contributed by atoms with van der Waals surface area (Å²) in [7, 11) is 0. The predicted molar refractivity (Wildman–Crippen MR) is 26.7 cm³/mol. The van der Waals surface area contributed by atoms with Crippen molar-refractivity contribution in [3.05, 3.63) is 0 Å². The van der Waals surface area contributed by atoms with E-state index in [2.05, 4.69) is 5.32 Å². The van der Waals surface area contributed by atoms with E-state index >= 15 is 0 Å². The number of halogens is 5. The molecule has 1 radical (unpaired) electrons. The quantitative estimate of drug-likeness (QED) is 0.490. The Labute approximate surface area is 59.6 Å². The molecule has 1 saturated heterocycles. The number of hydrogen-bond acceptors (Lipinski definition) is 0. The molecule has 11 heavy (non-hydrogen) atoms. The molecule has 0 aromatic carbocycles. The number of piperidine rings is 1. The summed E-state index contributed by atoms with van der Waals surface area (Å²) in [6.45, 7) is -2.30. The van der Waals surface area contributed by atoms with Crippen LogP contribution in [-0.4, -0.2) is 31.1 Å². The van der Waals surface area contributed by atoms with Crippen molar-refractivity contribution < 1.29 is 22.0 Å². The Bertz CT molecular complexity index is 141. The molecule has 1 fully saturated rings. The van der Waals surface area contributed by atoms with Crippen LogP contribution in [0.4, 0.5) is 22.0 Å². The number of rotatable bonds is 0. The molecular formula is C5H5F5N. The van der Waals surface area contributed by atoms with Crippen LogP contribution in [0.25, 0.3) is 0 Å². The van der Waals surface area contributed by atoms with Gasteiger partial charge in [-0.2, -0.15) is 0 Å². The summed E-state index contributed by atoms with van der Waals surface area (Å²) >= 11 is 0. The minimum Gasteiger partial charge on any atom is -0.234 e. The first-order valence-electron chi connectivity index (χ1n) is 2.89. The van der Waals surface area contributed by atoms with Crippen molar-refractivity contribution in [1.82, 2.24) is 5.32 Å². The molecule has 1 heterocycles. The van der Waals surface area contributed by atoms with Crippen LogP contribution in [0.2, 0.25) is 0 Å². The van der Waals surface area contributed by atoms with E-state index in [1.165, 1.54) is 0 Å². The van der Waals surface area contributed by atoms with E-state index in [1.54, 1.807) is 0 Å². The summed E-state index contributed by atoms with van der Waals surface area (Å²) in [5.41, 5.74) is 0. The van der Waals surface area contributed by atoms with Crippen molar-refractivity contribution in [3.8, 4) is 0 Å². The molecule has 0 aromatic rings. The highest BCUT2D eigenvalue weighted by Gasteiger charge is 2.58. The summed E-state index contributed by atoms with van der Waals surface area (Å²) < 4.78 is 60.8. The second kappa shape index (κ2) is 2.30. The van der Waals surface area contributed by atoms with Crippen LogP contribution in [-0.2, 0) is 0 Å². The van der Waals surface area contributed by atoms with Gasteiger partial charge in [0.05, 0.1) is 13.1 Å². The van der Waals surface area contributed by atoms with Gasteiger partial charge in [0.15, 0.2) is 0 Å². The van der Waals surface area contributed by atoms with Crippen LogP contribution in [0.15, 0.2) is 0 Å². The summed E-state index contributed by atoms with van der Waals surface area (Å²) in [6.07, 6.45) is -3.40. The molecule has 0 amide bonds. The van der Waals surface area contributed by atoms with E-state index in [0.717, 1.165) is 0 Å². The molecular weight excluding hydrogens is 169 g/mol. The maximum atomic E-state index is 12.2. The monoisotopic (exact) mass is 174 g/mol. The smallest absolute Gasteiger partial charge is 0.234 e. The van der Waals surface area contributed by atoms with Crippen LogP contribution >= 0.6 is 0 Å². The topological polar surface area (TPSA) is 14.1 Å². The molecule has 6 heteroatoms. The van der Waals surface area contributed by atoms with Crippen molar-refractivity contribution in [2.75, 3.05) is 13.1 Å². The fourth-order valence-corrected chi connectivity index (χ4v) is 0.823. The zero-order valence-electron chi connectivity index (χ0n) is 5.33. The van der Waals surface area contributed by atoms with Crippen molar-refractivity contribution in [3.63, 3.8) is 0 Å². The highest BCUT2D eigenvalue weighted by Crippen LogP contribution is 2.36. The Morgan fingerprint density at radius 2 is 1.36 bits per heavy atom. The summed E-state index contributed by atoms with van der Waals surface area (Å²) in [4.78, 5) is 0. The third kappa shape index (κ3) is 1.45. The SMILES string of the molecule is FC1C(F)(F)C[N]CC1(F)F. The van der Waals surface area contributed by atoms with Crippen molar-refractivity contribution in [2.24, 2.45) is 0 Å². The third-order valence-corrected chi connectivity index (χ3v) is 1.39. The van der Waals surface area contributed by atoms with Crippen molar-refractivity contribution in [1.29, 1.82) is 0 Å². The van der Waals surface area contributed by atoms with E-state index in [9.17, 15) is 22.0 Å². The molecule has 0 N–H and O–H groups in total. The average molecular weight is 174 g/mol. The molecule has 1 aliphatic rings. The molecule has 0 aliphatic carbocycles. The largest absolute Gasteiger partial charge is 0.298 e. The molecule has 0 spiro atoms. The Kier molecular flexibility index (Phi) is 1.82. The van der Waals surface area contributed by atoms with Gasteiger partial charge in [-0.05, 0) is 0 Å². The summed E-state index contributed by atoms with van der Waals surface area (Å²) in [5, 5.41) is 2.79. The van der Waals surface area contributed by atoms with Crippen LogP contribution in [0.1, 0.15) is 0 Å². The Morgan fingerprint density at radius 1 is 1.00 bits per heavy atom. The normalized spacial score (nSPS) is 30.3. The van der Waals surface area contributed by atoms with Crippen molar-refractivity contribution in [2.45, 2.75) is 18.0 Å². The molecule has 1 aliphatic heterocycles. The van der Waals surface area contributed by atoms with Crippen molar-refractivity contribution >= 4 is 0 Å². The molecule has 0 unspecified atom stereocenters. The van der Waals surface area contributed by atoms with Crippen LogP contribution in [0.5, 0.6) is 0 Å². The fourth-order valence-electron chi connectivity index (χ4n) is 0.823. The predicted octanol–water partition coefficient (Wildman–Crippen LogP) is 1.21. The van der Waals surface area contributed by atoms with Gasteiger partial charge in [0.2, 0.25) is 6.17 Å². The lowest BCUT2D eigenvalue weighted by Crippen LogP contribution is -2.57. The summed E-state index contributed by atoms with van der Waals surface area (Å²) in [5.74, 6) is -8.02. The van der Waals surface area contributed by atoms with Gasteiger partial charge < -0.3 is 0 Å². The van der Waals surface area contributed by atoms with Gasteiger partial charge in [-0.15, -0.1) is 0 Å². The van der Waals surface area contributed by atoms with E-state index in [4.69, 9.17) is 0 Å². The van der Waals surface area contributed by atoms with Crippen LogP contribution in [0, 0.1) is 0 Å². The number of hydrogen-bond donors (Lipinski definition) is 0. The van der Waals surface area contributed by atoms with Crippen LogP contribution in [0.3, 0.4) is 0 Å². The zero-order chi connectivity index (χ0) is 8.70. The first-order chi connectivity index (χ1) is 4.86. The van der Waals surface area contributed by atoms with E-state index < -0.39 is 31.1 Å². The molecule has 0 atom stereocenters.